The van der Waals surface area contributed by atoms with Crippen molar-refractivity contribution in [3.63, 3.8) is 0 Å². The molecule has 0 spiro atoms. The van der Waals surface area contributed by atoms with Crippen molar-refractivity contribution in [2.75, 3.05) is 16.8 Å². The molecular weight excluding hydrogens is 400 g/mol. The molecule has 1 N–H and O–H groups in total. The van der Waals surface area contributed by atoms with Crippen molar-refractivity contribution in [3.8, 4) is 5.82 Å². The molecule has 9 heteroatoms. The van der Waals surface area contributed by atoms with Gasteiger partial charge in [0.25, 0.3) is 0 Å². The van der Waals surface area contributed by atoms with Crippen LogP contribution in [0.4, 0.5) is 10.9 Å². The summed E-state index contributed by atoms with van der Waals surface area (Å²) in [5.41, 5.74) is 1.32. The van der Waals surface area contributed by atoms with Crippen molar-refractivity contribution in [2.45, 2.75) is 45.4 Å². The number of thiazole rings is 1. The molecule has 0 radical (unpaired) electrons. The third-order valence-corrected chi connectivity index (χ3v) is 5.71. The molecule has 0 unspecified atom stereocenters. The van der Waals surface area contributed by atoms with E-state index in [0.29, 0.717) is 35.4 Å². The van der Waals surface area contributed by atoms with Gasteiger partial charge >= 0.3 is 0 Å². The number of pyridine rings is 1. The summed E-state index contributed by atoms with van der Waals surface area (Å²) in [6, 6.07) is 7.43. The van der Waals surface area contributed by atoms with Gasteiger partial charge in [-0.25, -0.2) is 9.97 Å². The number of carbonyl (C=O) groups excluding carboxylic acids is 2. The SMILES string of the molecule is CC(C)(C)c1cc(NC(=O)Cc2csc(N3CCCC3=O)n2)n(-c2ccccn2)n1. The summed E-state index contributed by atoms with van der Waals surface area (Å²) in [5, 5.41) is 10.1. The standard InChI is InChI=1S/C21H24N6O2S/c1-21(2,3)15-12-17(27(25-15)16-7-4-5-9-22-16)24-18(28)11-14-13-30-20(23-14)26-10-6-8-19(26)29/h4-5,7,9,12-13H,6,8,10-11H2,1-3H3,(H,24,28). The lowest BCUT2D eigenvalue weighted by Gasteiger charge is -2.13. The monoisotopic (exact) mass is 424 g/mol. The van der Waals surface area contributed by atoms with Gasteiger partial charge in [0.15, 0.2) is 10.9 Å². The molecule has 156 valence electrons. The maximum Gasteiger partial charge on any atom is 0.231 e. The Morgan fingerprint density at radius 3 is 2.80 bits per heavy atom. The molecule has 8 nitrogen and oxygen atoms in total. The molecule has 0 saturated carbocycles. The summed E-state index contributed by atoms with van der Waals surface area (Å²) in [6.07, 6.45) is 3.22. The second-order valence-corrected chi connectivity index (χ2v) is 9.10. The molecule has 4 heterocycles. The summed E-state index contributed by atoms with van der Waals surface area (Å²) < 4.78 is 1.65. The van der Waals surface area contributed by atoms with Crippen LogP contribution in [0.1, 0.15) is 45.0 Å². The lowest BCUT2D eigenvalue weighted by molar-refractivity contribution is -0.117. The van der Waals surface area contributed by atoms with E-state index in [-0.39, 0.29) is 23.7 Å². The van der Waals surface area contributed by atoms with E-state index in [2.05, 4.69) is 41.2 Å². The molecule has 0 aliphatic carbocycles. The van der Waals surface area contributed by atoms with Crippen LogP contribution in [0, 0.1) is 0 Å². The van der Waals surface area contributed by atoms with Crippen molar-refractivity contribution in [1.29, 1.82) is 0 Å². The molecule has 30 heavy (non-hydrogen) atoms. The fraction of sp³-hybridized carbons (Fsp3) is 0.381. The van der Waals surface area contributed by atoms with Gasteiger partial charge in [0.05, 0.1) is 17.8 Å². The average Bonchev–Trinajstić information content (AvgIpc) is 3.42. The number of nitrogens with one attached hydrogen (secondary N) is 1. The topological polar surface area (TPSA) is 93.0 Å². The Hall–Kier alpha value is -3.07. The maximum absolute atomic E-state index is 12.7. The molecule has 2 amide bonds. The summed E-state index contributed by atoms with van der Waals surface area (Å²) >= 11 is 1.39. The third kappa shape index (κ3) is 4.25. The van der Waals surface area contributed by atoms with Crippen molar-refractivity contribution in [2.24, 2.45) is 0 Å². The second-order valence-electron chi connectivity index (χ2n) is 8.26. The van der Waals surface area contributed by atoms with Gasteiger partial charge in [-0.15, -0.1) is 11.3 Å². The van der Waals surface area contributed by atoms with Crippen molar-refractivity contribution < 1.29 is 9.59 Å². The molecule has 0 bridgehead atoms. The number of aromatic nitrogens is 4. The Morgan fingerprint density at radius 2 is 2.13 bits per heavy atom. The molecule has 3 aromatic heterocycles. The van der Waals surface area contributed by atoms with E-state index in [1.807, 2.05) is 29.6 Å². The highest BCUT2D eigenvalue weighted by Crippen LogP contribution is 2.27. The zero-order valence-electron chi connectivity index (χ0n) is 17.3. The van der Waals surface area contributed by atoms with Crippen LogP contribution >= 0.6 is 11.3 Å². The Labute approximate surface area is 179 Å². The van der Waals surface area contributed by atoms with Crippen LogP contribution in [0.25, 0.3) is 5.82 Å². The predicted octanol–water partition coefficient (Wildman–Crippen LogP) is 3.33. The molecule has 1 saturated heterocycles. The lowest BCUT2D eigenvalue weighted by atomic mass is 9.92. The molecule has 0 aromatic carbocycles. The smallest absolute Gasteiger partial charge is 0.231 e. The Balaban J connectivity index is 1.52. The third-order valence-electron chi connectivity index (χ3n) is 4.80. The first-order valence-corrected chi connectivity index (χ1v) is 10.8. The van der Waals surface area contributed by atoms with E-state index < -0.39 is 0 Å². The Kier molecular flexibility index (Phi) is 5.38. The molecule has 4 rings (SSSR count). The van der Waals surface area contributed by atoms with E-state index in [0.717, 1.165) is 12.1 Å². The highest BCUT2D eigenvalue weighted by atomic mass is 32.1. The number of nitrogens with zero attached hydrogens (tertiary/aromatic N) is 5. The number of amides is 2. The van der Waals surface area contributed by atoms with E-state index in [1.165, 1.54) is 11.3 Å². The van der Waals surface area contributed by atoms with Gasteiger partial charge in [-0.2, -0.15) is 9.78 Å². The fourth-order valence-electron chi connectivity index (χ4n) is 3.19. The normalized spacial score (nSPS) is 14.4. The van der Waals surface area contributed by atoms with Crippen LogP contribution < -0.4 is 10.2 Å². The molecular formula is C21H24N6O2S. The van der Waals surface area contributed by atoms with Gasteiger partial charge in [-0.1, -0.05) is 26.8 Å². The van der Waals surface area contributed by atoms with Crippen LogP contribution in [0.2, 0.25) is 0 Å². The van der Waals surface area contributed by atoms with Gasteiger partial charge < -0.3 is 5.32 Å². The molecule has 3 aromatic rings. The van der Waals surface area contributed by atoms with E-state index >= 15 is 0 Å². The fourth-order valence-corrected chi connectivity index (χ4v) is 4.06. The van der Waals surface area contributed by atoms with Crippen molar-refractivity contribution in [3.05, 3.63) is 47.2 Å². The van der Waals surface area contributed by atoms with Crippen LogP contribution in [-0.4, -0.2) is 38.1 Å². The first-order chi connectivity index (χ1) is 14.3. The van der Waals surface area contributed by atoms with E-state index in [1.54, 1.807) is 15.8 Å². The molecule has 1 fully saturated rings. The summed E-state index contributed by atoms with van der Waals surface area (Å²) in [5.74, 6) is 1.09. The van der Waals surface area contributed by atoms with Crippen LogP contribution in [0.5, 0.6) is 0 Å². The predicted molar refractivity (Wildman–Crippen MR) is 116 cm³/mol. The first-order valence-electron chi connectivity index (χ1n) is 9.88. The summed E-state index contributed by atoms with van der Waals surface area (Å²) in [7, 11) is 0. The number of rotatable bonds is 5. The van der Waals surface area contributed by atoms with Gasteiger partial charge in [0.2, 0.25) is 11.8 Å². The van der Waals surface area contributed by atoms with Gasteiger partial charge in [0, 0.05) is 36.0 Å². The summed E-state index contributed by atoms with van der Waals surface area (Å²) in [6.45, 7) is 6.90. The van der Waals surface area contributed by atoms with Crippen LogP contribution in [0.3, 0.4) is 0 Å². The molecule has 0 atom stereocenters. The minimum atomic E-state index is -0.197. The summed E-state index contributed by atoms with van der Waals surface area (Å²) in [4.78, 5) is 35.2. The zero-order valence-corrected chi connectivity index (χ0v) is 18.1. The minimum Gasteiger partial charge on any atom is -0.310 e. The first kappa shape index (κ1) is 20.2. The van der Waals surface area contributed by atoms with E-state index in [9.17, 15) is 9.59 Å². The largest absolute Gasteiger partial charge is 0.310 e. The Bertz CT molecular complexity index is 1070. The van der Waals surface area contributed by atoms with Gasteiger partial charge in [-0.05, 0) is 18.6 Å². The van der Waals surface area contributed by atoms with E-state index in [4.69, 9.17) is 0 Å². The highest BCUT2D eigenvalue weighted by molar-refractivity contribution is 7.14. The van der Waals surface area contributed by atoms with Crippen LogP contribution in [-0.2, 0) is 21.4 Å². The van der Waals surface area contributed by atoms with Gasteiger partial charge in [0.1, 0.15) is 5.82 Å². The lowest BCUT2D eigenvalue weighted by Crippen LogP contribution is -2.23. The molecule has 1 aliphatic heterocycles. The minimum absolute atomic E-state index is 0.0920. The van der Waals surface area contributed by atoms with Crippen molar-refractivity contribution >= 4 is 34.1 Å². The number of hydrogen-bond donors (Lipinski definition) is 1. The zero-order chi connectivity index (χ0) is 21.3. The number of hydrogen-bond acceptors (Lipinski definition) is 6. The maximum atomic E-state index is 12.7. The van der Waals surface area contributed by atoms with Crippen LogP contribution in [0.15, 0.2) is 35.8 Å². The molecule has 1 aliphatic rings. The highest BCUT2D eigenvalue weighted by Gasteiger charge is 2.25. The van der Waals surface area contributed by atoms with Crippen molar-refractivity contribution in [1.82, 2.24) is 19.7 Å². The Morgan fingerprint density at radius 1 is 1.30 bits per heavy atom. The van der Waals surface area contributed by atoms with Gasteiger partial charge in [-0.3, -0.25) is 14.5 Å². The number of carbonyl (C=O) groups is 2. The average molecular weight is 425 g/mol. The number of anilines is 2. The quantitative estimate of drug-likeness (QED) is 0.678. The second kappa shape index (κ2) is 7.98.